The van der Waals surface area contributed by atoms with Gasteiger partial charge in [0.1, 0.15) is 11.4 Å². The lowest BCUT2D eigenvalue weighted by Crippen LogP contribution is -2.22. The maximum atomic E-state index is 6.19. The van der Waals surface area contributed by atoms with Gasteiger partial charge >= 0.3 is 0 Å². The zero-order chi connectivity index (χ0) is 18.0. The Bertz CT molecular complexity index is 973. The number of halogens is 3. The number of nitrogens with two attached hydrogens (primary N) is 1. The van der Waals surface area contributed by atoms with E-state index >= 15 is 0 Å². The van der Waals surface area contributed by atoms with E-state index in [1.54, 1.807) is 19.2 Å². The van der Waals surface area contributed by atoms with Gasteiger partial charge in [-0.1, -0.05) is 65.1 Å². The zero-order valence-electron chi connectivity index (χ0n) is 13.2. The van der Waals surface area contributed by atoms with Crippen molar-refractivity contribution in [2.45, 2.75) is 0 Å². The van der Waals surface area contributed by atoms with Crippen molar-refractivity contribution in [3.63, 3.8) is 0 Å². The molecule has 0 aliphatic carbocycles. The zero-order valence-corrected chi connectivity index (χ0v) is 15.5. The van der Waals surface area contributed by atoms with E-state index in [0.717, 1.165) is 10.8 Å². The predicted molar refractivity (Wildman–Crippen MR) is 107 cm³/mol. The van der Waals surface area contributed by atoms with Gasteiger partial charge in [0.15, 0.2) is 5.96 Å². The maximum Gasteiger partial charge on any atom is 0.198 e. The molecule has 3 aromatic carbocycles. The van der Waals surface area contributed by atoms with Gasteiger partial charge in [0.05, 0.1) is 27.9 Å². The topological polar surface area (TPSA) is 59.6 Å². The molecule has 3 N–H and O–H groups in total. The quantitative estimate of drug-likeness (QED) is 0.332. The largest absolute Gasteiger partial charge is 0.494 e. The molecule has 0 radical (unpaired) electrons. The van der Waals surface area contributed by atoms with Crippen molar-refractivity contribution in [3.05, 3.63) is 63.6 Å². The van der Waals surface area contributed by atoms with Gasteiger partial charge < -0.3 is 15.8 Å². The van der Waals surface area contributed by atoms with Crippen LogP contribution >= 0.6 is 34.8 Å². The first-order valence-electron chi connectivity index (χ1n) is 7.31. The van der Waals surface area contributed by atoms with Gasteiger partial charge in [-0.2, -0.15) is 0 Å². The van der Waals surface area contributed by atoms with Crippen LogP contribution in [0.25, 0.3) is 10.8 Å². The molecule has 0 fully saturated rings. The van der Waals surface area contributed by atoms with E-state index < -0.39 is 0 Å². The van der Waals surface area contributed by atoms with Gasteiger partial charge in [0.2, 0.25) is 0 Å². The summed E-state index contributed by atoms with van der Waals surface area (Å²) >= 11 is 18.2. The normalized spacial score (nSPS) is 11.6. The average Bonchev–Trinajstić information content (AvgIpc) is 2.62. The summed E-state index contributed by atoms with van der Waals surface area (Å²) in [5, 5.41) is 5.79. The molecule has 0 aliphatic heterocycles. The van der Waals surface area contributed by atoms with Crippen LogP contribution in [0.5, 0.6) is 5.75 Å². The minimum atomic E-state index is 0.148. The number of nitrogens with zero attached hydrogens (tertiary/aromatic N) is 1. The third-order valence-electron chi connectivity index (χ3n) is 3.61. The summed E-state index contributed by atoms with van der Waals surface area (Å²) in [5.41, 5.74) is 7.20. The Morgan fingerprint density at radius 1 is 1.00 bits per heavy atom. The molecule has 25 heavy (non-hydrogen) atoms. The number of anilines is 1. The summed E-state index contributed by atoms with van der Waals surface area (Å²) in [6.07, 6.45) is 0. The number of hydrogen-bond donors (Lipinski definition) is 2. The standard InChI is InChI=1S/C18H14Cl3N3O/c1-25-14-9-6-10-4-2-3-5-11(10)17(14)24-18(22)23-13-8-7-12(19)15(20)16(13)21/h2-9H,1H3,(H3,22,23,24). The second kappa shape index (κ2) is 7.40. The Morgan fingerprint density at radius 3 is 2.52 bits per heavy atom. The first-order chi connectivity index (χ1) is 12.0. The molecule has 7 heteroatoms. The highest BCUT2D eigenvalue weighted by atomic mass is 35.5. The van der Waals surface area contributed by atoms with Crippen LogP contribution < -0.4 is 15.8 Å². The highest BCUT2D eigenvalue weighted by Gasteiger charge is 2.11. The van der Waals surface area contributed by atoms with E-state index in [9.17, 15) is 0 Å². The van der Waals surface area contributed by atoms with Crippen LogP contribution in [0.15, 0.2) is 53.5 Å². The highest BCUT2D eigenvalue weighted by molar-refractivity contribution is 6.49. The molecule has 0 unspecified atom stereocenters. The second-order valence-electron chi connectivity index (χ2n) is 5.18. The smallest absolute Gasteiger partial charge is 0.198 e. The molecule has 0 aliphatic rings. The van der Waals surface area contributed by atoms with Gasteiger partial charge in [0, 0.05) is 5.39 Å². The van der Waals surface area contributed by atoms with E-state index in [4.69, 9.17) is 45.3 Å². The molecular weight excluding hydrogens is 381 g/mol. The number of ether oxygens (including phenoxy) is 1. The minimum Gasteiger partial charge on any atom is -0.494 e. The first kappa shape index (κ1) is 17.7. The maximum absolute atomic E-state index is 6.19. The predicted octanol–water partition coefficient (Wildman–Crippen LogP) is 5.87. The van der Waals surface area contributed by atoms with E-state index in [-0.39, 0.29) is 16.0 Å². The summed E-state index contributed by atoms with van der Waals surface area (Å²) < 4.78 is 5.41. The molecule has 0 amide bonds. The monoisotopic (exact) mass is 393 g/mol. The van der Waals surface area contributed by atoms with Crippen LogP contribution in [0.1, 0.15) is 0 Å². The summed E-state index contributed by atoms with van der Waals surface area (Å²) in [5.74, 6) is 0.763. The number of methoxy groups -OCH3 is 1. The third kappa shape index (κ3) is 3.61. The van der Waals surface area contributed by atoms with E-state index in [0.29, 0.717) is 22.1 Å². The van der Waals surface area contributed by atoms with E-state index in [2.05, 4.69) is 10.3 Å². The van der Waals surface area contributed by atoms with Crippen LogP contribution in [0.3, 0.4) is 0 Å². The fraction of sp³-hybridized carbons (Fsp3) is 0.0556. The highest BCUT2D eigenvalue weighted by Crippen LogP contribution is 2.37. The lowest BCUT2D eigenvalue weighted by molar-refractivity contribution is 0.417. The summed E-state index contributed by atoms with van der Waals surface area (Å²) in [6.45, 7) is 0. The van der Waals surface area contributed by atoms with E-state index in [1.807, 2.05) is 36.4 Å². The minimum absolute atomic E-state index is 0.148. The van der Waals surface area contributed by atoms with Gasteiger partial charge in [-0.15, -0.1) is 0 Å². The van der Waals surface area contributed by atoms with Crippen molar-refractivity contribution in [2.75, 3.05) is 12.4 Å². The molecule has 0 saturated heterocycles. The molecule has 0 heterocycles. The number of hydrogen-bond acceptors (Lipinski definition) is 2. The van der Waals surface area contributed by atoms with E-state index in [1.165, 1.54) is 0 Å². The molecule has 3 rings (SSSR count). The Kier molecular flexibility index (Phi) is 5.23. The molecule has 3 aromatic rings. The number of rotatable bonds is 3. The fourth-order valence-electron chi connectivity index (χ4n) is 2.42. The molecule has 128 valence electrons. The Morgan fingerprint density at radius 2 is 1.76 bits per heavy atom. The van der Waals surface area contributed by atoms with Crippen LogP contribution in [-0.2, 0) is 0 Å². The lowest BCUT2D eigenvalue weighted by atomic mass is 10.1. The molecule has 0 atom stereocenters. The number of guanidine groups is 1. The van der Waals surface area contributed by atoms with Crippen molar-refractivity contribution in [2.24, 2.45) is 10.7 Å². The van der Waals surface area contributed by atoms with Crippen LogP contribution in [0.2, 0.25) is 15.1 Å². The van der Waals surface area contributed by atoms with Gasteiger partial charge in [-0.25, -0.2) is 4.99 Å². The van der Waals surface area contributed by atoms with Crippen molar-refractivity contribution >= 4 is 62.9 Å². The fourth-order valence-corrected chi connectivity index (χ4v) is 3.01. The van der Waals surface area contributed by atoms with Gasteiger partial charge in [0.25, 0.3) is 0 Å². The summed E-state index contributed by atoms with van der Waals surface area (Å²) in [6, 6.07) is 15.0. The molecule has 4 nitrogen and oxygen atoms in total. The van der Waals surface area contributed by atoms with Crippen molar-refractivity contribution in [1.82, 2.24) is 0 Å². The van der Waals surface area contributed by atoms with Crippen LogP contribution in [0, 0.1) is 0 Å². The number of nitrogens with one attached hydrogen (secondary N) is 1. The number of aliphatic imine (C=N–C) groups is 1. The van der Waals surface area contributed by atoms with Gasteiger partial charge in [-0.05, 0) is 23.6 Å². The molecule has 0 saturated carbocycles. The van der Waals surface area contributed by atoms with Crippen LogP contribution in [-0.4, -0.2) is 13.1 Å². The molecule has 0 spiro atoms. The summed E-state index contributed by atoms with van der Waals surface area (Å²) in [7, 11) is 1.59. The SMILES string of the molecule is COc1ccc2ccccc2c1N=C(N)Nc1ccc(Cl)c(Cl)c1Cl. The lowest BCUT2D eigenvalue weighted by Gasteiger charge is -2.12. The van der Waals surface area contributed by atoms with Crippen LogP contribution in [0.4, 0.5) is 11.4 Å². The van der Waals surface area contributed by atoms with Gasteiger partial charge in [-0.3, -0.25) is 0 Å². The Labute approximate surface area is 160 Å². The second-order valence-corrected chi connectivity index (χ2v) is 6.35. The number of benzene rings is 3. The number of fused-ring (bicyclic) bond motifs is 1. The summed E-state index contributed by atoms with van der Waals surface area (Å²) in [4.78, 5) is 4.47. The molecule has 0 bridgehead atoms. The Hall–Kier alpha value is -2.14. The Balaban J connectivity index is 2.03. The molecule has 0 aromatic heterocycles. The average molecular weight is 395 g/mol. The van der Waals surface area contributed by atoms with Crippen molar-refractivity contribution < 1.29 is 4.74 Å². The third-order valence-corrected chi connectivity index (χ3v) is 4.91. The first-order valence-corrected chi connectivity index (χ1v) is 8.45. The molecular formula is C18H14Cl3N3O. The van der Waals surface area contributed by atoms with Crippen molar-refractivity contribution in [1.29, 1.82) is 0 Å². The van der Waals surface area contributed by atoms with Crippen molar-refractivity contribution in [3.8, 4) is 5.75 Å².